The second-order valence-electron chi connectivity index (χ2n) is 5.17. The number of nitrogens with one attached hydrogen (secondary N) is 1. The lowest BCUT2D eigenvalue weighted by Gasteiger charge is -2.28. The molecule has 1 aliphatic rings. The van der Waals surface area contributed by atoms with E-state index in [2.05, 4.69) is 9.88 Å². The Hall–Kier alpha value is -1.91. The Morgan fingerprint density at radius 3 is 2.55 bits per heavy atom. The van der Waals surface area contributed by atoms with Crippen molar-refractivity contribution in [2.45, 2.75) is 25.7 Å². The number of H-pyrrole nitrogens is 1. The van der Waals surface area contributed by atoms with E-state index in [0.29, 0.717) is 10.9 Å². The summed E-state index contributed by atoms with van der Waals surface area (Å²) < 4.78 is 25.3. The highest BCUT2D eigenvalue weighted by Gasteiger charge is 2.14. The summed E-state index contributed by atoms with van der Waals surface area (Å²) in [5, 5.41) is 0.470. The van der Waals surface area contributed by atoms with Crippen molar-refractivity contribution in [3.05, 3.63) is 40.2 Å². The SMILES string of the molecule is O=c1cc(C(F)F)[nH]c2ccc(N3CCCCC3)cc12. The Morgan fingerprint density at radius 2 is 1.85 bits per heavy atom. The van der Waals surface area contributed by atoms with Gasteiger partial charge in [-0.05, 0) is 37.5 Å². The van der Waals surface area contributed by atoms with Crippen LogP contribution in [0.4, 0.5) is 14.5 Å². The molecule has 0 saturated carbocycles. The van der Waals surface area contributed by atoms with Crippen LogP contribution in [0.3, 0.4) is 0 Å². The quantitative estimate of drug-likeness (QED) is 0.913. The normalized spacial score (nSPS) is 16.1. The van der Waals surface area contributed by atoms with Gasteiger partial charge in [-0.2, -0.15) is 0 Å². The van der Waals surface area contributed by atoms with Gasteiger partial charge in [0.2, 0.25) is 0 Å². The summed E-state index contributed by atoms with van der Waals surface area (Å²) in [7, 11) is 0. The minimum absolute atomic E-state index is 0.326. The van der Waals surface area contributed by atoms with E-state index in [-0.39, 0.29) is 11.1 Å². The number of hydrogen-bond donors (Lipinski definition) is 1. The Morgan fingerprint density at radius 1 is 1.10 bits per heavy atom. The zero-order valence-electron chi connectivity index (χ0n) is 11.0. The highest BCUT2D eigenvalue weighted by atomic mass is 19.3. The van der Waals surface area contributed by atoms with Crippen LogP contribution in [0.25, 0.3) is 10.9 Å². The molecule has 1 aliphatic heterocycles. The van der Waals surface area contributed by atoms with Crippen molar-refractivity contribution in [2.75, 3.05) is 18.0 Å². The van der Waals surface area contributed by atoms with Crippen molar-refractivity contribution >= 4 is 16.6 Å². The molecule has 1 aromatic heterocycles. The van der Waals surface area contributed by atoms with Crippen LogP contribution < -0.4 is 10.3 Å². The van der Waals surface area contributed by atoms with Crippen molar-refractivity contribution in [3.63, 3.8) is 0 Å². The largest absolute Gasteiger partial charge is 0.372 e. The van der Waals surface area contributed by atoms with Gasteiger partial charge in [0.1, 0.15) is 0 Å². The maximum Gasteiger partial charge on any atom is 0.278 e. The lowest BCUT2D eigenvalue weighted by atomic mass is 10.1. The van der Waals surface area contributed by atoms with Crippen molar-refractivity contribution in [3.8, 4) is 0 Å². The monoisotopic (exact) mass is 278 g/mol. The Kier molecular flexibility index (Phi) is 3.42. The molecule has 1 aromatic carbocycles. The number of pyridine rings is 1. The Labute approximate surface area is 115 Å². The summed E-state index contributed by atoms with van der Waals surface area (Å²) in [6.07, 6.45) is 0.883. The summed E-state index contributed by atoms with van der Waals surface area (Å²) >= 11 is 0. The molecule has 0 unspecified atom stereocenters. The van der Waals surface area contributed by atoms with Gasteiger partial charge in [0.25, 0.3) is 6.43 Å². The third-order valence-electron chi connectivity index (χ3n) is 3.79. The zero-order chi connectivity index (χ0) is 14.1. The Bertz CT molecular complexity index is 675. The number of halogens is 2. The molecule has 2 heterocycles. The van der Waals surface area contributed by atoms with E-state index in [0.717, 1.165) is 37.7 Å². The summed E-state index contributed by atoms with van der Waals surface area (Å²) in [5.74, 6) is 0. The van der Waals surface area contributed by atoms with Crippen LogP contribution in [-0.2, 0) is 0 Å². The van der Waals surface area contributed by atoms with Crippen LogP contribution in [0.1, 0.15) is 31.4 Å². The number of benzene rings is 1. The lowest BCUT2D eigenvalue weighted by Crippen LogP contribution is -2.29. The van der Waals surface area contributed by atoms with Gasteiger partial charge in [0, 0.05) is 35.7 Å². The number of alkyl halides is 2. The molecular weight excluding hydrogens is 262 g/mol. The maximum absolute atomic E-state index is 12.7. The number of aromatic nitrogens is 1. The highest BCUT2D eigenvalue weighted by Crippen LogP contribution is 2.24. The van der Waals surface area contributed by atoms with E-state index in [1.54, 1.807) is 12.1 Å². The topological polar surface area (TPSA) is 36.1 Å². The summed E-state index contributed by atoms with van der Waals surface area (Å²) in [6, 6.07) is 6.40. The van der Waals surface area contributed by atoms with Gasteiger partial charge in [-0.3, -0.25) is 4.79 Å². The van der Waals surface area contributed by atoms with Crippen LogP contribution in [0.5, 0.6) is 0 Å². The summed E-state index contributed by atoms with van der Waals surface area (Å²) in [6.45, 7) is 1.97. The van der Waals surface area contributed by atoms with Crippen LogP contribution in [-0.4, -0.2) is 18.1 Å². The molecule has 0 aliphatic carbocycles. The van der Waals surface area contributed by atoms with Gasteiger partial charge in [-0.15, -0.1) is 0 Å². The standard InChI is InChI=1S/C15H16F2N2O/c16-15(17)13-9-14(20)11-8-10(4-5-12(11)18-13)19-6-2-1-3-7-19/h4-5,8-9,15H,1-3,6-7H2,(H,18,20). The van der Waals surface area contributed by atoms with E-state index >= 15 is 0 Å². The lowest BCUT2D eigenvalue weighted by molar-refractivity contribution is 0.146. The van der Waals surface area contributed by atoms with Crippen LogP contribution >= 0.6 is 0 Å². The van der Waals surface area contributed by atoms with E-state index < -0.39 is 6.43 Å². The predicted molar refractivity (Wildman–Crippen MR) is 75.6 cm³/mol. The van der Waals surface area contributed by atoms with Gasteiger partial charge < -0.3 is 9.88 Å². The molecule has 0 radical (unpaired) electrons. The zero-order valence-corrected chi connectivity index (χ0v) is 11.0. The van der Waals surface area contributed by atoms with Crippen LogP contribution in [0.2, 0.25) is 0 Å². The second kappa shape index (κ2) is 5.23. The molecule has 3 nitrogen and oxygen atoms in total. The number of rotatable bonds is 2. The third-order valence-corrected chi connectivity index (χ3v) is 3.79. The smallest absolute Gasteiger partial charge is 0.278 e. The van der Waals surface area contributed by atoms with Gasteiger partial charge in [0.05, 0.1) is 5.69 Å². The molecule has 5 heteroatoms. The van der Waals surface area contributed by atoms with Crippen molar-refractivity contribution in [1.29, 1.82) is 0 Å². The molecule has 106 valence electrons. The molecule has 1 N–H and O–H groups in total. The highest BCUT2D eigenvalue weighted by molar-refractivity contribution is 5.82. The van der Waals surface area contributed by atoms with Crippen LogP contribution in [0.15, 0.2) is 29.1 Å². The van der Waals surface area contributed by atoms with Gasteiger partial charge >= 0.3 is 0 Å². The van der Waals surface area contributed by atoms with Crippen molar-refractivity contribution in [2.24, 2.45) is 0 Å². The number of aromatic amines is 1. The van der Waals surface area contributed by atoms with E-state index in [4.69, 9.17) is 0 Å². The third kappa shape index (κ3) is 2.40. The fourth-order valence-electron chi connectivity index (χ4n) is 2.72. The van der Waals surface area contributed by atoms with E-state index in [1.807, 2.05) is 6.07 Å². The molecule has 0 spiro atoms. The van der Waals surface area contributed by atoms with E-state index in [9.17, 15) is 13.6 Å². The van der Waals surface area contributed by atoms with Gasteiger partial charge in [0.15, 0.2) is 5.43 Å². The average Bonchev–Trinajstić information content (AvgIpc) is 2.47. The minimum atomic E-state index is -2.66. The maximum atomic E-state index is 12.7. The summed E-state index contributed by atoms with van der Waals surface area (Å²) in [5.41, 5.74) is 0.780. The first-order chi connectivity index (χ1) is 9.65. The van der Waals surface area contributed by atoms with Crippen molar-refractivity contribution in [1.82, 2.24) is 4.98 Å². The van der Waals surface area contributed by atoms with Gasteiger partial charge in [-0.25, -0.2) is 8.78 Å². The second-order valence-corrected chi connectivity index (χ2v) is 5.17. The van der Waals surface area contributed by atoms with Crippen LogP contribution in [0, 0.1) is 0 Å². The number of piperidine rings is 1. The first kappa shape index (κ1) is 13.1. The minimum Gasteiger partial charge on any atom is -0.372 e. The molecule has 3 rings (SSSR count). The first-order valence-electron chi connectivity index (χ1n) is 6.85. The predicted octanol–water partition coefficient (Wildman–Crippen LogP) is 3.46. The number of fused-ring (bicyclic) bond motifs is 1. The fourth-order valence-corrected chi connectivity index (χ4v) is 2.72. The van der Waals surface area contributed by atoms with Gasteiger partial charge in [-0.1, -0.05) is 0 Å². The molecule has 0 amide bonds. The number of anilines is 1. The Balaban J connectivity index is 2.05. The first-order valence-corrected chi connectivity index (χ1v) is 6.85. The molecule has 0 bridgehead atoms. The molecule has 1 saturated heterocycles. The molecule has 1 fully saturated rings. The number of hydrogen-bond acceptors (Lipinski definition) is 2. The number of nitrogens with zero attached hydrogens (tertiary/aromatic N) is 1. The average molecular weight is 278 g/mol. The summed E-state index contributed by atoms with van der Waals surface area (Å²) in [4.78, 5) is 16.8. The molecular formula is C15H16F2N2O. The molecule has 0 atom stereocenters. The van der Waals surface area contributed by atoms with E-state index in [1.165, 1.54) is 6.42 Å². The fraction of sp³-hybridized carbons (Fsp3) is 0.400. The molecule has 2 aromatic rings. The molecule has 20 heavy (non-hydrogen) atoms. The van der Waals surface area contributed by atoms with Crippen molar-refractivity contribution < 1.29 is 8.78 Å².